The summed E-state index contributed by atoms with van der Waals surface area (Å²) in [6.45, 7) is 10.4. The Kier molecular flexibility index (Phi) is 5.91. The van der Waals surface area contributed by atoms with Crippen molar-refractivity contribution in [2.24, 2.45) is 0 Å². The van der Waals surface area contributed by atoms with E-state index in [9.17, 15) is 0 Å². The summed E-state index contributed by atoms with van der Waals surface area (Å²) in [5, 5.41) is 0. The van der Waals surface area contributed by atoms with Gasteiger partial charge < -0.3 is 0 Å². The van der Waals surface area contributed by atoms with Crippen molar-refractivity contribution in [1.29, 1.82) is 0 Å². The van der Waals surface area contributed by atoms with E-state index in [-0.39, 0.29) is 0 Å². The van der Waals surface area contributed by atoms with E-state index in [0.717, 1.165) is 0 Å². The third-order valence-corrected chi connectivity index (χ3v) is 1.73. The zero-order valence-corrected chi connectivity index (χ0v) is 8.11. The molecule has 0 aliphatic rings. The van der Waals surface area contributed by atoms with E-state index in [1.54, 1.807) is 0 Å². The van der Waals surface area contributed by atoms with Crippen LogP contribution in [0.1, 0.15) is 46.5 Å². The fourth-order valence-electron chi connectivity index (χ4n) is 1.12. The lowest BCUT2D eigenvalue weighted by Crippen LogP contribution is -1.80. The maximum atomic E-state index is 3.88. The van der Waals surface area contributed by atoms with Gasteiger partial charge >= 0.3 is 0 Å². The Labute approximate surface area is 71.0 Å². The molecule has 0 rings (SSSR count). The van der Waals surface area contributed by atoms with Crippen molar-refractivity contribution in [3.63, 3.8) is 0 Å². The molecule has 0 amide bonds. The number of rotatable bonds is 5. The van der Waals surface area contributed by atoms with E-state index in [1.807, 2.05) is 0 Å². The smallest absolute Gasteiger partial charge is 0.0320 e. The quantitative estimate of drug-likeness (QED) is 0.520. The van der Waals surface area contributed by atoms with Crippen molar-refractivity contribution in [3.05, 3.63) is 23.8 Å². The zero-order valence-electron chi connectivity index (χ0n) is 8.11. The number of hydrogen-bond acceptors (Lipinski definition) is 0. The summed E-state index contributed by atoms with van der Waals surface area (Å²) in [5.74, 6) is 0. The second kappa shape index (κ2) is 6.21. The largest absolute Gasteiger partial charge is 0.100 e. The summed E-state index contributed by atoms with van der Waals surface area (Å²) in [6.07, 6.45) is 7.14. The molecule has 0 aliphatic heterocycles. The van der Waals surface area contributed by atoms with Gasteiger partial charge in [0.05, 0.1) is 0 Å². The minimum absolute atomic E-state index is 1.17. The van der Waals surface area contributed by atoms with Gasteiger partial charge in [0.2, 0.25) is 0 Å². The Bertz CT molecular complexity index is 140. The van der Waals surface area contributed by atoms with Crippen LogP contribution in [0.25, 0.3) is 0 Å². The Morgan fingerprint density at radius 3 is 2.36 bits per heavy atom. The Morgan fingerprint density at radius 2 is 1.91 bits per heavy atom. The fraction of sp³-hybridized carbons (Fsp3) is 0.636. The maximum Gasteiger partial charge on any atom is -0.0320 e. The van der Waals surface area contributed by atoms with E-state index in [1.165, 1.54) is 36.8 Å². The predicted molar refractivity (Wildman–Crippen MR) is 52.7 cm³/mol. The minimum Gasteiger partial charge on any atom is -0.100 e. The monoisotopic (exact) mass is 152 g/mol. The summed E-state index contributed by atoms with van der Waals surface area (Å²) in [5.41, 5.74) is 2.82. The molecular formula is C11H20. The van der Waals surface area contributed by atoms with Gasteiger partial charge in [-0.05, 0) is 39.5 Å². The molecular weight excluding hydrogens is 132 g/mol. The van der Waals surface area contributed by atoms with Gasteiger partial charge in [-0.1, -0.05) is 24.1 Å². The Balaban J connectivity index is 3.38. The first kappa shape index (κ1) is 10.5. The number of allylic oxidation sites excluding steroid dienone is 3. The molecule has 0 nitrogen and oxygen atoms in total. The first-order valence-corrected chi connectivity index (χ1v) is 4.46. The van der Waals surface area contributed by atoms with Crippen molar-refractivity contribution < 1.29 is 0 Å². The zero-order chi connectivity index (χ0) is 8.69. The first-order chi connectivity index (χ1) is 5.16. The molecule has 0 saturated heterocycles. The molecule has 0 atom stereocenters. The third-order valence-electron chi connectivity index (χ3n) is 1.73. The van der Waals surface area contributed by atoms with E-state index in [2.05, 4.69) is 33.4 Å². The van der Waals surface area contributed by atoms with Crippen molar-refractivity contribution >= 4 is 0 Å². The minimum atomic E-state index is 1.17. The average molecular weight is 152 g/mol. The average Bonchev–Trinajstić information content (AvgIpc) is 1.87. The van der Waals surface area contributed by atoms with E-state index >= 15 is 0 Å². The third kappa shape index (κ3) is 7.38. The van der Waals surface area contributed by atoms with Crippen LogP contribution in [0.4, 0.5) is 0 Å². The SMILES string of the molecule is C=C(C)CCC/C(C)=C/CC. The molecule has 0 fully saturated rings. The lowest BCUT2D eigenvalue weighted by Gasteiger charge is -2.00. The van der Waals surface area contributed by atoms with Crippen LogP contribution in [0.15, 0.2) is 23.8 Å². The summed E-state index contributed by atoms with van der Waals surface area (Å²) >= 11 is 0. The molecule has 0 aromatic rings. The molecule has 0 aliphatic carbocycles. The van der Waals surface area contributed by atoms with Crippen LogP contribution in [-0.4, -0.2) is 0 Å². The fourth-order valence-corrected chi connectivity index (χ4v) is 1.12. The number of hydrogen-bond donors (Lipinski definition) is 0. The van der Waals surface area contributed by atoms with Crippen LogP contribution in [0.5, 0.6) is 0 Å². The van der Waals surface area contributed by atoms with Crippen LogP contribution in [-0.2, 0) is 0 Å². The van der Waals surface area contributed by atoms with Crippen LogP contribution in [0.2, 0.25) is 0 Å². The molecule has 0 aromatic carbocycles. The lowest BCUT2D eigenvalue weighted by atomic mass is 10.1. The molecule has 0 spiro atoms. The van der Waals surface area contributed by atoms with Crippen LogP contribution in [0, 0.1) is 0 Å². The van der Waals surface area contributed by atoms with Crippen molar-refractivity contribution in [2.45, 2.75) is 46.5 Å². The molecule has 11 heavy (non-hydrogen) atoms. The van der Waals surface area contributed by atoms with E-state index in [4.69, 9.17) is 0 Å². The summed E-state index contributed by atoms with van der Waals surface area (Å²) < 4.78 is 0. The molecule has 0 heteroatoms. The van der Waals surface area contributed by atoms with Gasteiger partial charge in [-0.2, -0.15) is 0 Å². The second-order valence-corrected chi connectivity index (χ2v) is 3.27. The summed E-state index contributed by atoms with van der Waals surface area (Å²) in [6, 6.07) is 0. The van der Waals surface area contributed by atoms with Crippen molar-refractivity contribution in [2.75, 3.05) is 0 Å². The second-order valence-electron chi connectivity index (χ2n) is 3.27. The van der Waals surface area contributed by atoms with Gasteiger partial charge in [-0.3, -0.25) is 0 Å². The van der Waals surface area contributed by atoms with Gasteiger partial charge in [-0.25, -0.2) is 0 Å². The Morgan fingerprint density at radius 1 is 1.27 bits per heavy atom. The normalized spacial score (nSPS) is 11.7. The van der Waals surface area contributed by atoms with Gasteiger partial charge in [0.25, 0.3) is 0 Å². The highest BCUT2D eigenvalue weighted by Gasteiger charge is 1.90. The van der Waals surface area contributed by atoms with Gasteiger partial charge in [-0.15, -0.1) is 6.58 Å². The van der Waals surface area contributed by atoms with E-state index in [0.29, 0.717) is 0 Å². The topological polar surface area (TPSA) is 0 Å². The molecule has 64 valence electrons. The molecule has 0 radical (unpaired) electrons. The molecule has 0 N–H and O–H groups in total. The van der Waals surface area contributed by atoms with Crippen LogP contribution < -0.4 is 0 Å². The molecule has 0 aromatic heterocycles. The standard InChI is InChI=1S/C11H20/c1-5-7-11(4)9-6-8-10(2)3/h7H,2,5-6,8-9H2,1,3-4H3/b11-7+. The van der Waals surface area contributed by atoms with Crippen molar-refractivity contribution in [1.82, 2.24) is 0 Å². The molecule has 0 bridgehead atoms. The van der Waals surface area contributed by atoms with Gasteiger partial charge in [0, 0.05) is 0 Å². The lowest BCUT2D eigenvalue weighted by molar-refractivity contribution is 0.801. The van der Waals surface area contributed by atoms with Crippen molar-refractivity contribution in [3.8, 4) is 0 Å². The maximum absolute atomic E-state index is 3.88. The van der Waals surface area contributed by atoms with Crippen LogP contribution in [0.3, 0.4) is 0 Å². The highest BCUT2D eigenvalue weighted by atomic mass is 14.0. The molecule has 0 unspecified atom stereocenters. The Hall–Kier alpha value is -0.520. The predicted octanol–water partition coefficient (Wildman–Crippen LogP) is 4.09. The van der Waals surface area contributed by atoms with Crippen LogP contribution >= 0.6 is 0 Å². The summed E-state index contributed by atoms with van der Waals surface area (Å²) in [4.78, 5) is 0. The first-order valence-electron chi connectivity index (χ1n) is 4.46. The van der Waals surface area contributed by atoms with Gasteiger partial charge in [0.15, 0.2) is 0 Å². The van der Waals surface area contributed by atoms with E-state index < -0.39 is 0 Å². The van der Waals surface area contributed by atoms with Gasteiger partial charge in [0.1, 0.15) is 0 Å². The molecule has 0 heterocycles. The molecule has 0 saturated carbocycles. The highest BCUT2D eigenvalue weighted by molar-refractivity contribution is 4.98. The summed E-state index contributed by atoms with van der Waals surface area (Å²) in [7, 11) is 0. The highest BCUT2D eigenvalue weighted by Crippen LogP contribution is 2.10.